The minimum atomic E-state index is -0.565. The smallest absolute Gasteiger partial charge is 0.254 e. The van der Waals surface area contributed by atoms with Crippen LogP contribution in [-0.4, -0.2) is 9.81 Å². The summed E-state index contributed by atoms with van der Waals surface area (Å²) in [6.07, 6.45) is 0.681. The topological polar surface area (TPSA) is 39.1 Å². The second kappa shape index (κ2) is 6.68. The third-order valence-corrected chi connectivity index (χ3v) is 3.30. The summed E-state index contributed by atoms with van der Waals surface area (Å²) >= 11 is 5.36. The summed E-state index contributed by atoms with van der Waals surface area (Å²) in [4.78, 5) is 23.4. The number of benzene rings is 1. The lowest BCUT2D eigenvalue weighted by Crippen LogP contribution is -2.25. The molecule has 1 aromatic heterocycles. The fourth-order valence-electron chi connectivity index (χ4n) is 2.23. The normalized spacial score (nSPS) is 10.6. The number of carbonyl (C=O) groups excluding carboxylic acids is 1. The van der Waals surface area contributed by atoms with Crippen LogP contribution in [0.1, 0.15) is 18.9 Å². The largest absolute Gasteiger partial charge is 0.308 e. The minimum absolute atomic E-state index is 0.0895. The number of halogens is 2. The van der Waals surface area contributed by atoms with Crippen molar-refractivity contribution in [3.05, 3.63) is 58.1 Å². The van der Waals surface area contributed by atoms with Gasteiger partial charge in [-0.2, -0.15) is 0 Å². The first kappa shape index (κ1) is 15.4. The Hall–Kier alpha value is -1.94. The van der Waals surface area contributed by atoms with Gasteiger partial charge in [0.2, 0.25) is 5.24 Å². The predicted octanol–water partition coefficient (Wildman–Crippen LogP) is 3.37. The molecular formula is C16H15ClFNO2. The van der Waals surface area contributed by atoms with Gasteiger partial charge >= 0.3 is 0 Å². The molecule has 0 fully saturated rings. The fraction of sp³-hybridized carbons (Fsp3) is 0.250. The molecular weight excluding hydrogens is 293 g/mol. The SMILES string of the molecule is CCCn1c(-c2ccc(F)cc2)ccc(CC(=O)Cl)c1=O. The molecule has 0 radical (unpaired) electrons. The molecule has 0 saturated carbocycles. The summed E-state index contributed by atoms with van der Waals surface area (Å²) in [6.45, 7) is 2.48. The van der Waals surface area contributed by atoms with E-state index in [1.54, 1.807) is 28.8 Å². The number of hydrogen-bond acceptors (Lipinski definition) is 2. The van der Waals surface area contributed by atoms with Crippen molar-refractivity contribution >= 4 is 16.8 Å². The average Bonchev–Trinajstić information content (AvgIpc) is 2.44. The molecule has 0 bridgehead atoms. The zero-order valence-electron chi connectivity index (χ0n) is 11.6. The molecule has 0 unspecified atom stereocenters. The molecule has 2 aromatic rings. The second-order valence-corrected chi connectivity index (χ2v) is 5.16. The first-order chi connectivity index (χ1) is 10.0. The van der Waals surface area contributed by atoms with Crippen LogP contribution >= 0.6 is 11.6 Å². The van der Waals surface area contributed by atoms with Crippen LogP contribution in [0, 0.1) is 5.82 Å². The van der Waals surface area contributed by atoms with E-state index in [1.807, 2.05) is 6.92 Å². The van der Waals surface area contributed by atoms with Crippen molar-refractivity contribution in [2.45, 2.75) is 26.3 Å². The Kier molecular flexibility index (Phi) is 4.91. The first-order valence-corrected chi connectivity index (χ1v) is 7.07. The number of hydrogen-bond donors (Lipinski definition) is 0. The summed E-state index contributed by atoms with van der Waals surface area (Å²) < 4.78 is 14.6. The Morgan fingerprint density at radius 3 is 2.43 bits per heavy atom. The molecule has 5 heteroatoms. The molecule has 2 rings (SSSR count). The Labute approximate surface area is 127 Å². The van der Waals surface area contributed by atoms with Crippen molar-refractivity contribution in [2.24, 2.45) is 0 Å². The summed E-state index contributed by atoms with van der Waals surface area (Å²) in [5.74, 6) is -0.326. The van der Waals surface area contributed by atoms with Gasteiger partial charge in [0.1, 0.15) is 5.82 Å². The zero-order valence-corrected chi connectivity index (χ0v) is 12.4. The van der Waals surface area contributed by atoms with Gasteiger partial charge in [0.25, 0.3) is 5.56 Å². The van der Waals surface area contributed by atoms with E-state index in [0.717, 1.165) is 12.0 Å². The highest BCUT2D eigenvalue weighted by atomic mass is 35.5. The number of pyridine rings is 1. The third-order valence-electron chi connectivity index (χ3n) is 3.17. The van der Waals surface area contributed by atoms with Gasteiger partial charge in [-0.15, -0.1) is 0 Å². The van der Waals surface area contributed by atoms with E-state index in [0.29, 0.717) is 17.8 Å². The Morgan fingerprint density at radius 2 is 1.86 bits per heavy atom. The van der Waals surface area contributed by atoms with Gasteiger partial charge in [0.15, 0.2) is 0 Å². The number of aromatic nitrogens is 1. The molecule has 0 spiro atoms. The highest BCUT2D eigenvalue weighted by Gasteiger charge is 2.12. The number of carbonyl (C=O) groups is 1. The van der Waals surface area contributed by atoms with Crippen molar-refractivity contribution in [3.8, 4) is 11.3 Å². The van der Waals surface area contributed by atoms with E-state index in [9.17, 15) is 14.0 Å². The fourth-order valence-corrected chi connectivity index (χ4v) is 2.37. The van der Waals surface area contributed by atoms with E-state index < -0.39 is 5.24 Å². The van der Waals surface area contributed by atoms with Crippen molar-refractivity contribution in [3.63, 3.8) is 0 Å². The van der Waals surface area contributed by atoms with E-state index >= 15 is 0 Å². The van der Waals surface area contributed by atoms with Crippen LogP contribution in [0.15, 0.2) is 41.2 Å². The van der Waals surface area contributed by atoms with Crippen LogP contribution in [0.5, 0.6) is 0 Å². The molecule has 0 N–H and O–H groups in total. The monoisotopic (exact) mass is 307 g/mol. The molecule has 0 saturated heterocycles. The molecule has 0 aliphatic rings. The third kappa shape index (κ3) is 3.58. The van der Waals surface area contributed by atoms with Crippen LogP contribution in [0.4, 0.5) is 4.39 Å². The maximum absolute atomic E-state index is 13.0. The quantitative estimate of drug-likeness (QED) is 0.794. The molecule has 0 aliphatic carbocycles. The van der Waals surface area contributed by atoms with E-state index in [2.05, 4.69) is 0 Å². The number of nitrogens with zero attached hydrogens (tertiary/aromatic N) is 1. The predicted molar refractivity (Wildman–Crippen MR) is 81.0 cm³/mol. The molecule has 0 aliphatic heterocycles. The highest BCUT2D eigenvalue weighted by Crippen LogP contribution is 2.19. The summed E-state index contributed by atoms with van der Waals surface area (Å²) in [7, 11) is 0. The van der Waals surface area contributed by atoms with Crippen molar-refractivity contribution in [1.29, 1.82) is 0 Å². The highest BCUT2D eigenvalue weighted by molar-refractivity contribution is 6.63. The maximum atomic E-state index is 13.0. The summed E-state index contributed by atoms with van der Waals surface area (Å²) in [6, 6.07) is 9.33. The summed E-state index contributed by atoms with van der Waals surface area (Å²) in [5, 5.41) is -0.565. The summed E-state index contributed by atoms with van der Waals surface area (Å²) in [5.41, 5.74) is 1.60. The molecule has 3 nitrogen and oxygen atoms in total. The average molecular weight is 308 g/mol. The van der Waals surface area contributed by atoms with Gasteiger partial charge < -0.3 is 4.57 Å². The molecule has 0 atom stereocenters. The molecule has 110 valence electrons. The lowest BCUT2D eigenvalue weighted by atomic mass is 10.1. The molecule has 1 heterocycles. The van der Waals surface area contributed by atoms with Gasteiger partial charge in [0, 0.05) is 12.1 Å². The second-order valence-electron chi connectivity index (χ2n) is 4.74. The van der Waals surface area contributed by atoms with Crippen LogP contribution in [0.3, 0.4) is 0 Å². The van der Waals surface area contributed by atoms with Crippen molar-refractivity contribution < 1.29 is 9.18 Å². The molecule has 0 amide bonds. The van der Waals surface area contributed by atoms with E-state index in [4.69, 9.17) is 11.6 Å². The van der Waals surface area contributed by atoms with Gasteiger partial charge in [-0.05, 0) is 53.9 Å². The van der Waals surface area contributed by atoms with Crippen molar-refractivity contribution in [1.82, 2.24) is 4.57 Å². The first-order valence-electron chi connectivity index (χ1n) is 6.70. The Morgan fingerprint density at radius 1 is 1.19 bits per heavy atom. The van der Waals surface area contributed by atoms with Gasteiger partial charge in [0.05, 0.1) is 12.1 Å². The lowest BCUT2D eigenvalue weighted by molar-refractivity contribution is -0.111. The number of rotatable bonds is 5. The van der Waals surface area contributed by atoms with E-state index in [1.165, 1.54) is 12.1 Å². The Bertz CT molecular complexity index is 707. The zero-order chi connectivity index (χ0) is 15.4. The van der Waals surface area contributed by atoms with Gasteiger partial charge in [-0.3, -0.25) is 9.59 Å². The van der Waals surface area contributed by atoms with E-state index in [-0.39, 0.29) is 17.8 Å². The maximum Gasteiger partial charge on any atom is 0.254 e. The Balaban J connectivity index is 2.55. The van der Waals surface area contributed by atoms with Crippen molar-refractivity contribution in [2.75, 3.05) is 0 Å². The van der Waals surface area contributed by atoms with Crippen LogP contribution in [-0.2, 0) is 17.8 Å². The molecule has 1 aromatic carbocycles. The van der Waals surface area contributed by atoms with Crippen LogP contribution < -0.4 is 5.56 Å². The van der Waals surface area contributed by atoms with Gasteiger partial charge in [-0.1, -0.05) is 13.0 Å². The van der Waals surface area contributed by atoms with Gasteiger partial charge in [-0.25, -0.2) is 4.39 Å². The van der Waals surface area contributed by atoms with Crippen LogP contribution in [0.2, 0.25) is 0 Å². The van der Waals surface area contributed by atoms with Crippen LogP contribution in [0.25, 0.3) is 11.3 Å². The lowest BCUT2D eigenvalue weighted by Gasteiger charge is -2.13. The minimum Gasteiger partial charge on any atom is -0.308 e. The standard InChI is InChI=1S/C16H15ClFNO2/c1-2-9-19-14(11-3-6-13(18)7-4-11)8-5-12(16(19)21)10-15(17)20/h3-8H,2,9-10H2,1H3. The molecule has 21 heavy (non-hydrogen) atoms.